The maximum atomic E-state index is 11.8. The Morgan fingerprint density at radius 1 is 1.45 bits per heavy atom. The van der Waals surface area contributed by atoms with Crippen molar-refractivity contribution in [3.8, 4) is 0 Å². The Labute approximate surface area is 120 Å². The summed E-state index contributed by atoms with van der Waals surface area (Å²) in [7, 11) is -3.12. The minimum absolute atomic E-state index is 0.0104. The van der Waals surface area contributed by atoms with Gasteiger partial charge in [0.1, 0.15) is 0 Å². The highest BCUT2D eigenvalue weighted by molar-refractivity contribution is 7.88. The molecule has 116 valence electrons. The first-order chi connectivity index (χ1) is 9.27. The molecule has 20 heavy (non-hydrogen) atoms. The van der Waals surface area contributed by atoms with Crippen LogP contribution in [0.25, 0.3) is 0 Å². The summed E-state index contributed by atoms with van der Waals surface area (Å²) in [6.07, 6.45) is 2.33. The minimum atomic E-state index is -3.12. The van der Waals surface area contributed by atoms with E-state index in [1.54, 1.807) is 0 Å². The van der Waals surface area contributed by atoms with Gasteiger partial charge in [0.2, 0.25) is 15.9 Å². The van der Waals surface area contributed by atoms with Crippen molar-refractivity contribution in [3.05, 3.63) is 0 Å². The van der Waals surface area contributed by atoms with Gasteiger partial charge in [-0.2, -0.15) is 0 Å². The van der Waals surface area contributed by atoms with Crippen molar-refractivity contribution in [2.24, 2.45) is 11.8 Å². The quantitative estimate of drug-likeness (QED) is 0.805. The topological polar surface area (TPSA) is 75.7 Å². The van der Waals surface area contributed by atoms with Crippen molar-refractivity contribution in [1.82, 2.24) is 9.62 Å². The van der Waals surface area contributed by atoms with E-state index >= 15 is 0 Å². The predicted molar refractivity (Wildman–Crippen MR) is 75.6 cm³/mol. The zero-order chi connectivity index (χ0) is 14.9. The normalized spacial score (nSPS) is 31.3. The van der Waals surface area contributed by atoms with Gasteiger partial charge in [-0.1, -0.05) is 0 Å². The summed E-state index contributed by atoms with van der Waals surface area (Å²) in [6, 6.07) is 0.131. The van der Waals surface area contributed by atoms with Crippen LogP contribution in [0.2, 0.25) is 0 Å². The Morgan fingerprint density at radius 3 is 2.75 bits per heavy atom. The first-order valence-electron chi connectivity index (χ1n) is 7.13. The van der Waals surface area contributed by atoms with Gasteiger partial charge in [-0.15, -0.1) is 0 Å². The summed E-state index contributed by atoms with van der Waals surface area (Å²) in [5.41, 5.74) is 0. The molecule has 0 radical (unpaired) electrons. The lowest BCUT2D eigenvalue weighted by molar-refractivity contribution is -0.124. The van der Waals surface area contributed by atoms with Gasteiger partial charge in [0.15, 0.2) is 0 Å². The lowest BCUT2D eigenvalue weighted by Gasteiger charge is -2.34. The first-order valence-corrected chi connectivity index (χ1v) is 8.98. The number of carbonyl (C=O) groups excluding carboxylic acids is 1. The predicted octanol–water partition coefficient (Wildman–Crippen LogP) is 0.198. The molecule has 2 aliphatic heterocycles. The van der Waals surface area contributed by atoms with Crippen LogP contribution >= 0.6 is 0 Å². The van der Waals surface area contributed by atoms with E-state index in [1.165, 1.54) is 10.6 Å². The van der Waals surface area contributed by atoms with E-state index in [0.717, 1.165) is 6.42 Å². The lowest BCUT2D eigenvalue weighted by Crippen LogP contribution is -2.44. The second kappa shape index (κ2) is 5.99. The molecular weight excluding hydrogens is 280 g/mol. The first kappa shape index (κ1) is 15.7. The second-order valence-electron chi connectivity index (χ2n) is 6.13. The Morgan fingerprint density at radius 2 is 2.15 bits per heavy atom. The van der Waals surface area contributed by atoms with Crippen LogP contribution in [-0.4, -0.2) is 56.7 Å². The van der Waals surface area contributed by atoms with Crippen LogP contribution in [0.3, 0.4) is 0 Å². The van der Waals surface area contributed by atoms with E-state index in [1.807, 2.05) is 13.8 Å². The van der Waals surface area contributed by atoms with Crippen LogP contribution in [0.1, 0.15) is 26.7 Å². The number of sulfonamides is 1. The number of carbonyl (C=O) groups is 1. The number of fused-ring (bicyclic) bond motifs is 1. The average Bonchev–Trinajstić information content (AvgIpc) is 2.69. The summed E-state index contributed by atoms with van der Waals surface area (Å²) in [5, 5.41) is 2.87. The number of rotatable bonds is 4. The average molecular weight is 304 g/mol. The van der Waals surface area contributed by atoms with Gasteiger partial charge in [0.25, 0.3) is 0 Å². The minimum Gasteiger partial charge on any atom is -0.377 e. The summed E-state index contributed by atoms with van der Waals surface area (Å²) < 4.78 is 30.4. The molecule has 2 fully saturated rings. The standard InChI is InChI=1S/C13H24N2O4S/c1-9(2)14-13(16)6-12-11-4-5-15(20(3,17)18)7-10(11)8-19-12/h9-12H,4-8H2,1-3H3,(H,14,16)/t10-,11-,12-/m0/s1. The highest BCUT2D eigenvalue weighted by Gasteiger charge is 2.43. The smallest absolute Gasteiger partial charge is 0.222 e. The van der Waals surface area contributed by atoms with Crippen molar-refractivity contribution in [1.29, 1.82) is 0 Å². The third-order valence-electron chi connectivity index (χ3n) is 4.06. The molecule has 2 heterocycles. The summed E-state index contributed by atoms with van der Waals surface area (Å²) in [4.78, 5) is 11.8. The molecule has 3 atom stereocenters. The van der Waals surface area contributed by atoms with Crippen LogP contribution in [-0.2, 0) is 19.6 Å². The SMILES string of the molecule is CC(C)NC(=O)C[C@@H]1OC[C@@H]2CN(S(C)(=O)=O)CC[C@@H]21. The molecule has 0 spiro atoms. The molecule has 2 rings (SSSR count). The Bertz CT molecular complexity index is 463. The Hall–Kier alpha value is -0.660. The Kier molecular flexibility index (Phi) is 4.71. The lowest BCUT2D eigenvalue weighted by atomic mass is 9.84. The molecule has 0 aromatic rings. The molecule has 0 saturated carbocycles. The Balaban J connectivity index is 1.91. The van der Waals surface area contributed by atoms with Gasteiger partial charge in [0, 0.05) is 25.0 Å². The van der Waals surface area contributed by atoms with Crippen molar-refractivity contribution in [2.45, 2.75) is 38.8 Å². The largest absolute Gasteiger partial charge is 0.377 e. The molecule has 1 amide bonds. The van der Waals surface area contributed by atoms with E-state index in [4.69, 9.17) is 4.74 Å². The van der Waals surface area contributed by atoms with Gasteiger partial charge in [0.05, 0.1) is 25.4 Å². The number of nitrogens with zero attached hydrogens (tertiary/aromatic N) is 1. The molecule has 2 saturated heterocycles. The molecule has 0 aromatic carbocycles. The number of hydrogen-bond donors (Lipinski definition) is 1. The van der Waals surface area contributed by atoms with Gasteiger partial charge >= 0.3 is 0 Å². The second-order valence-corrected chi connectivity index (χ2v) is 8.11. The molecule has 1 N–H and O–H groups in total. The maximum Gasteiger partial charge on any atom is 0.222 e. The third-order valence-corrected chi connectivity index (χ3v) is 5.33. The maximum absolute atomic E-state index is 11.8. The monoisotopic (exact) mass is 304 g/mol. The van der Waals surface area contributed by atoms with E-state index in [0.29, 0.717) is 32.0 Å². The fourth-order valence-corrected chi connectivity index (χ4v) is 4.03. The van der Waals surface area contributed by atoms with Gasteiger partial charge in [-0.3, -0.25) is 4.79 Å². The van der Waals surface area contributed by atoms with Crippen LogP contribution in [0, 0.1) is 11.8 Å². The fraction of sp³-hybridized carbons (Fsp3) is 0.923. The summed E-state index contributed by atoms with van der Waals surface area (Å²) in [6.45, 7) is 5.47. The number of hydrogen-bond acceptors (Lipinski definition) is 4. The zero-order valence-corrected chi connectivity index (χ0v) is 13.1. The number of ether oxygens (including phenoxy) is 1. The van der Waals surface area contributed by atoms with Gasteiger partial charge in [-0.05, 0) is 26.2 Å². The molecule has 0 unspecified atom stereocenters. The third kappa shape index (κ3) is 3.71. The number of piperidine rings is 1. The molecule has 2 aliphatic rings. The van der Waals surface area contributed by atoms with Crippen molar-refractivity contribution < 1.29 is 17.9 Å². The van der Waals surface area contributed by atoms with Crippen LogP contribution in [0.4, 0.5) is 0 Å². The van der Waals surface area contributed by atoms with E-state index < -0.39 is 10.0 Å². The van der Waals surface area contributed by atoms with Gasteiger partial charge < -0.3 is 10.1 Å². The van der Waals surface area contributed by atoms with Crippen LogP contribution in [0.5, 0.6) is 0 Å². The van der Waals surface area contributed by atoms with E-state index in [-0.39, 0.29) is 24.0 Å². The highest BCUT2D eigenvalue weighted by atomic mass is 32.2. The summed E-state index contributed by atoms with van der Waals surface area (Å²) >= 11 is 0. The molecule has 0 aromatic heterocycles. The number of nitrogens with one attached hydrogen (secondary N) is 1. The summed E-state index contributed by atoms with van der Waals surface area (Å²) in [5.74, 6) is 0.525. The van der Waals surface area contributed by atoms with Crippen LogP contribution in [0.15, 0.2) is 0 Å². The molecule has 7 heteroatoms. The van der Waals surface area contributed by atoms with Gasteiger partial charge in [-0.25, -0.2) is 12.7 Å². The molecular formula is C13H24N2O4S. The van der Waals surface area contributed by atoms with Crippen molar-refractivity contribution >= 4 is 15.9 Å². The van der Waals surface area contributed by atoms with E-state index in [2.05, 4.69) is 5.32 Å². The molecule has 0 bridgehead atoms. The van der Waals surface area contributed by atoms with Crippen molar-refractivity contribution in [2.75, 3.05) is 26.0 Å². The number of amides is 1. The van der Waals surface area contributed by atoms with Crippen LogP contribution < -0.4 is 5.32 Å². The zero-order valence-electron chi connectivity index (χ0n) is 12.3. The van der Waals surface area contributed by atoms with E-state index in [9.17, 15) is 13.2 Å². The fourth-order valence-electron chi connectivity index (χ4n) is 3.13. The molecule has 6 nitrogen and oxygen atoms in total. The highest BCUT2D eigenvalue weighted by Crippen LogP contribution is 2.36. The molecule has 0 aliphatic carbocycles. The van der Waals surface area contributed by atoms with Crippen molar-refractivity contribution in [3.63, 3.8) is 0 Å².